The van der Waals surface area contributed by atoms with Gasteiger partial charge in [0.15, 0.2) is 0 Å². The van der Waals surface area contributed by atoms with E-state index < -0.39 is 35.1 Å². The van der Waals surface area contributed by atoms with Crippen LogP contribution in [0.1, 0.15) is 37.0 Å². The molecule has 5 rings (SSSR count). The molecule has 7 atom stereocenters. The SMILES string of the molecule is C=CCN(C)C(=O)[C@@H]1[C@H]2C(=O)N([C@@H](CO)Cc3ccccc3)C(C(=O)N(CC=C)c3c(C)cccc3C)C23CC(C)[C@@]1(C)O3. The first kappa shape index (κ1) is 31.7. The number of aryl methyl sites for hydroxylation is 2. The van der Waals surface area contributed by atoms with Crippen LogP contribution in [0.15, 0.2) is 73.8 Å². The van der Waals surface area contributed by atoms with Crippen molar-refractivity contribution in [2.45, 2.75) is 63.8 Å². The highest BCUT2D eigenvalue weighted by atomic mass is 16.5. The lowest BCUT2D eigenvalue weighted by atomic mass is 9.62. The number of likely N-dealkylation sites (N-methyl/N-ethyl adjacent to an activating group) is 1. The molecule has 234 valence electrons. The zero-order valence-corrected chi connectivity index (χ0v) is 26.5. The Bertz CT molecular complexity index is 1440. The molecule has 3 fully saturated rings. The number of ether oxygens (including phenoxy) is 1. The van der Waals surface area contributed by atoms with Gasteiger partial charge < -0.3 is 24.5 Å². The van der Waals surface area contributed by atoms with E-state index in [1.54, 1.807) is 33.9 Å². The highest BCUT2D eigenvalue weighted by Crippen LogP contribution is 2.66. The maximum absolute atomic E-state index is 15.1. The van der Waals surface area contributed by atoms with Crippen LogP contribution in [0.2, 0.25) is 0 Å². The standard InChI is InChI=1S/C36H45N3O5/c1-8-18-37(7)32(41)28-29-33(42)39(27(22-40)20-26-16-11-10-12-17-26)31(36(29)21-25(5)35(28,6)44-36)34(43)38(19-9-2)30-23(3)14-13-15-24(30)4/h8-17,25,27-29,31,40H,1-2,18-22H2,3-7H3/t25?,27-,28+,29+,31?,35-,36?/m1/s1. The van der Waals surface area contributed by atoms with E-state index in [2.05, 4.69) is 13.2 Å². The molecule has 1 spiro atoms. The Morgan fingerprint density at radius 2 is 1.70 bits per heavy atom. The van der Waals surface area contributed by atoms with Crippen molar-refractivity contribution in [1.82, 2.24) is 9.80 Å². The third-order valence-corrected chi connectivity index (χ3v) is 10.2. The van der Waals surface area contributed by atoms with Crippen molar-refractivity contribution in [3.8, 4) is 0 Å². The summed E-state index contributed by atoms with van der Waals surface area (Å²) in [6.45, 7) is 15.8. The fourth-order valence-corrected chi connectivity index (χ4v) is 8.18. The smallest absolute Gasteiger partial charge is 0.253 e. The van der Waals surface area contributed by atoms with Gasteiger partial charge >= 0.3 is 0 Å². The number of aliphatic hydroxyl groups excluding tert-OH is 1. The predicted molar refractivity (Wildman–Crippen MR) is 171 cm³/mol. The van der Waals surface area contributed by atoms with Gasteiger partial charge in [0.2, 0.25) is 11.8 Å². The van der Waals surface area contributed by atoms with Gasteiger partial charge in [0.05, 0.1) is 30.1 Å². The average Bonchev–Trinajstić information content (AvgIpc) is 3.51. The molecule has 0 aromatic heterocycles. The Morgan fingerprint density at radius 3 is 2.30 bits per heavy atom. The summed E-state index contributed by atoms with van der Waals surface area (Å²) in [6.07, 6.45) is 4.13. The summed E-state index contributed by atoms with van der Waals surface area (Å²) in [4.78, 5) is 48.9. The van der Waals surface area contributed by atoms with Gasteiger partial charge in [0.25, 0.3) is 5.91 Å². The van der Waals surface area contributed by atoms with E-state index in [4.69, 9.17) is 4.74 Å². The number of anilines is 1. The molecule has 44 heavy (non-hydrogen) atoms. The summed E-state index contributed by atoms with van der Waals surface area (Å²) in [5.74, 6) is -2.57. The summed E-state index contributed by atoms with van der Waals surface area (Å²) < 4.78 is 6.96. The van der Waals surface area contributed by atoms with Crippen molar-refractivity contribution >= 4 is 23.4 Å². The molecule has 8 heteroatoms. The van der Waals surface area contributed by atoms with Crippen molar-refractivity contribution in [3.05, 3.63) is 90.5 Å². The van der Waals surface area contributed by atoms with Crippen LogP contribution < -0.4 is 4.90 Å². The van der Waals surface area contributed by atoms with Crippen LogP contribution in [0.25, 0.3) is 0 Å². The van der Waals surface area contributed by atoms with E-state index in [9.17, 15) is 14.7 Å². The van der Waals surface area contributed by atoms with Crippen LogP contribution in [0.4, 0.5) is 5.69 Å². The molecular formula is C36H45N3O5. The highest BCUT2D eigenvalue weighted by Gasteiger charge is 2.80. The fourth-order valence-electron chi connectivity index (χ4n) is 8.18. The molecule has 1 N–H and O–H groups in total. The van der Waals surface area contributed by atoms with Crippen LogP contribution >= 0.6 is 0 Å². The van der Waals surface area contributed by atoms with Gasteiger partial charge in [-0.2, -0.15) is 0 Å². The lowest BCUT2D eigenvalue weighted by Crippen LogP contribution is -2.59. The molecule has 8 nitrogen and oxygen atoms in total. The molecule has 0 saturated carbocycles. The van der Waals surface area contributed by atoms with Gasteiger partial charge in [-0.25, -0.2) is 0 Å². The van der Waals surface area contributed by atoms with Gasteiger partial charge in [0, 0.05) is 25.8 Å². The molecule has 3 heterocycles. The minimum absolute atomic E-state index is 0.0948. The summed E-state index contributed by atoms with van der Waals surface area (Å²) in [6, 6.07) is 13.8. The third-order valence-electron chi connectivity index (χ3n) is 10.2. The van der Waals surface area contributed by atoms with Crippen LogP contribution in [-0.4, -0.2) is 82.7 Å². The largest absolute Gasteiger partial charge is 0.394 e. The average molecular weight is 600 g/mol. The first-order valence-corrected chi connectivity index (χ1v) is 15.5. The molecule has 2 aromatic carbocycles. The molecule has 3 unspecified atom stereocenters. The summed E-state index contributed by atoms with van der Waals surface area (Å²) in [7, 11) is 1.70. The summed E-state index contributed by atoms with van der Waals surface area (Å²) in [5, 5.41) is 10.8. The first-order chi connectivity index (χ1) is 21.0. The normalized spacial score (nSPS) is 29.3. The van der Waals surface area contributed by atoms with Crippen LogP contribution in [0.3, 0.4) is 0 Å². The zero-order valence-electron chi connectivity index (χ0n) is 26.5. The predicted octanol–water partition coefficient (Wildman–Crippen LogP) is 4.08. The van der Waals surface area contributed by atoms with E-state index in [-0.39, 0.29) is 36.8 Å². The first-order valence-electron chi connectivity index (χ1n) is 15.5. The van der Waals surface area contributed by atoms with E-state index in [1.807, 2.05) is 76.2 Å². The lowest BCUT2D eigenvalue weighted by molar-refractivity contribution is -0.153. The fraction of sp³-hybridized carbons (Fsp3) is 0.472. The van der Waals surface area contributed by atoms with Crippen LogP contribution in [-0.2, 0) is 25.5 Å². The second-order valence-electron chi connectivity index (χ2n) is 13.0. The number of fused-ring (bicyclic) bond motifs is 1. The number of likely N-dealkylation sites (tertiary alicyclic amines) is 1. The van der Waals surface area contributed by atoms with Gasteiger partial charge in [0.1, 0.15) is 11.6 Å². The highest BCUT2D eigenvalue weighted by molar-refractivity contribution is 6.06. The number of para-hydroxylation sites is 1. The van der Waals surface area contributed by atoms with E-state index >= 15 is 4.79 Å². The van der Waals surface area contributed by atoms with Gasteiger partial charge in [-0.15, -0.1) is 13.2 Å². The van der Waals surface area contributed by atoms with E-state index in [0.717, 1.165) is 22.4 Å². The van der Waals surface area contributed by atoms with Crippen molar-refractivity contribution in [2.24, 2.45) is 17.8 Å². The third kappa shape index (κ3) is 4.79. The molecule has 0 aliphatic carbocycles. The molecule has 0 radical (unpaired) electrons. The van der Waals surface area contributed by atoms with Gasteiger partial charge in [-0.05, 0) is 56.2 Å². The maximum atomic E-state index is 15.1. The van der Waals surface area contributed by atoms with E-state index in [0.29, 0.717) is 19.4 Å². The van der Waals surface area contributed by atoms with Crippen molar-refractivity contribution in [3.63, 3.8) is 0 Å². The number of aliphatic hydroxyl groups is 1. The quantitative estimate of drug-likeness (QED) is 0.393. The minimum Gasteiger partial charge on any atom is -0.394 e. The monoisotopic (exact) mass is 599 g/mol. The molecule has 3 aliphatic heterocycles. The number of nitrogens with zero attached hydrogens (tertiary/aromatic N) is 3. The Kier molecular flexibility index (Phi) is 8.62. The van der Waals surface area contributed by atoms with Crippen LogP contribution in [0, 0.1) is 31.6 Å². The number of hydrogen-bond acceptors (Lipinski definition) is 5. The van der Waals surface area contributed by atoms with E-state index in [1.165, 1.54) is 0 Å². The van der Waals surface area contributed by atoms with Gasteiger partial charge in [-0.1, -0.05) is 67.6 Å². The Labute approximate surface area is 261 Å². The number of benzene rings is 2. The molecule has 2 aromatic rings. The second kappa shape index (κ2) is 12.0. The molecule has 2 bridgehead atoms. The molecule has 3 aliphatic rings. The van der Waals surface area contributed by atoms with Crippen molar-refractivity contribution in [2.75, 3.05) is 31.6 Å². The second-order valence-corrected chi connectivity index (χ2v) is 13.0. The Balaban J connectivity index is 1.69. The van der Waals surface area contributed by atoms with Crippen molar-refractivity contribution < 1.29 is 24.2 Å². The summed E-state index contributed by atoms with van der Waals surface area (Å²) in [5.41, 5.74) is 1.36. The van der Waals surface area contributed by atoms with Gasteiger partial charge in [-0.3, -0.25) is 14.4 Å². The molecule has 3 saturated heterocycles. The zero-order chi connectivity index (χ0) is 32.0. The number of carbonyl (C=O) groups excluding carboxylic acids is 3. The Hall–Kier alpha value is -3.75. The Morgan fingerprint density at radius 1 is 1.07 bits per heavy atom. The topological polar surface area (TPSA) is 90.4 Å². The number of carbonyl (C=O) groups is 3. The minimum atomic E-state index is -1.24. The lowest BCUT2D eigenvalue weighted by Gasteiger charge is -2.40. The summed E-state index contributed by atoms with van der Waals surface area (Å²) >= 11 is 0. The molecular weight excluding hydrogens is 554 g/mol. The number of rotatable bonds is 11. The number of amides is 3. The molecule has 3 amide bonds. The van der Waals surface area contributed by atoms with Crippen molar-refractivity contribution in [1.29, 1.82) is 0 Å². The number of hydrogen-bond donors (Lipinski definition) is 1. The maximum Gasteiger partial charge on any atom is 0.253 e. The van der Waals surface area contributed by atoms with Crippen LogP contribution in [0.5, 0.6) is 0 Å².